The van der Waals surface area contributed by atoms with Crippen molar-refractivity contribution in [3.63, 3.8) is 0 Å². The molecule has 0 radical (unpaired) electrons. The van der Waals surface area contributed by atoms with Crippen LogP contribution in [-0.2, 0) is 5.41 Å². The summed E-state index contributed by atoms with van der Waals surface area (Å²) in [5.74, 6) is 0. The maximum atomic E-state index is 2.57. The molecule has 0 fully saturated rings. The van der Waals surface area contributed by atoms with Crippen molar-refractivity contribution in [3.05, 3.63) is 332 Å². The molecule has 1 spiro atoms. The topological polar surface area (TPSA) is 13.1 Å². The van der Waals surface area contributed by atoms with Crippen LogP contribution in [-0.4, -0.2) is 9.13 Å². The number of fused-ring (bicyclic) bond motifs is 15. The maximum Gasteiger partial charge on any atom is 0.0755 e. The third kappa shape index (κ3) is 6.84. The zero-order valence-electron chi connectivity index (χ0n) is 44.8. The summed E-state index contributed by atoms with van der Waals surface area (Å²) in [5.41, 5.74) is 26.9. The van der Waals surface area contributed by atoms with Crippen LogP contribution < -0.4 is 4.90 Å². The molecule has 382 valence electrons. The third-order valence-electron chi connectivity index (χ3n) is 17.7. The molecule has 0 unspecified atom stereocenters. The van der Waals surface area contributed by atoms with E-state index in [1.165, 1.54) is 133 Å². The fraction of sp³-hybridized carbons (Fsp3) is 0.0127. The van der Waals surface area contributed by atoms with Gasteiger partial charge in [-0.3, -0.25) is 0 Å². The molecular weight excluding hydrogens is 991 g/mol. The Morgan fingerprint density at radius 1 is 0.207 bits per heavy atom. The Morgan fingerprint density at radius 2 is 0.561 bits per heavy atom. The molecule has 2 aromatic heterocycles. The lowest BCUT2D eigenvalue weighted by atomic mass is 9.64. The fourth-order valence-corrected chi connectivity index (χ4v) is 14.1. The number of hydrogen-bond acceptors (Lipinski definition) is 1. The Bertz CT molecular complexity index is 4980. The van der Waals surface area contributed by atoms with E-state index in [9.17, 15) is 0 Å². The van der Waals surface area contributed by atoms with Crippen LogP contribution in [0.3, 0.4) is 0 Å². The molecule has 0 saturated heterocycles. The molecule has 0 saturated carbocycles. The molecule has 0 bridgehead atoms. The molecule has 0 atom stereocenters. The quantitative estimate of drug-likeness (QED) is 0.155. The van der Waals surface area contributed by atoms with Crippen molar-refractivity contribution < 1.29 is 0 Å². The Hall–Kier alpha value is -10.7. The van der Waals surface area contributed by atoms with E-state index in [-0.39, 0.29) is 0 Å². The smallest absolute Gasteiger partial charge is 0.0755 e. The Labute approximate surface area is 476 Å². The summed E-state index contributed by atoms with van der Waals surface area (Å²) in [6, 6.07) is 115. The van der Waals surface area contributed by atoms with Gasteiger partial charge in [-0.25, -0.2) is 0 Å². The zero-order chi connectivity index (χ0) is 53.9. The third-order valence-corrected chi connectivity index (χ3v) is 17.7. The zero-order valence-corrected chi connectivity index (χ0v) is 44.8. The summed E-state index contributed by atoms with van der Waals surface area (Å²) in [4.78, 5) is 2.48. The SMILES string of the molecule is c1ccc(-c2ccc(-c3cccc(-n4c5ccccc5c5cc6c(cc54)C4(c5cc7c(cc5-6)c5ccccc5n7-c5cccc(-c6cccc(-c7ccccc7)c6)c5)c5ccccc5N(c5ccccc5)c5ccccc54)c3)cc2)cc1. The standard InChI is InChI=1S/C79H51N3/c1-4-21-52(22-5-1)54-41-43-55(44-42-54)58-27-19-31-61(46-58)81-73-37-14-10-33-63(73)67-48-65-66-49-68-64-34-11-15-38-74(64)82(62-32-20-28-59(47-62)57-26-18-25-56(45-57)53-23-6-2-7-24-53)78(68)51-72(66)79(71(65)50-77(67)81)69-35-12-16-39-75(69)80(60-29-8-3-9-30-60)76-40-17-13-36-70(76)79/h1-51H. The second-order valence-electron chi connectivity index (χ2n) is 22.0. The molecule has 3 heterocycles. The summed E-state index contributed by atoms with van der Waals surface area (Å²) in [5, 5.41) is 4.92. The number of nitrogens with zero attached hydrogens (tertiary/aromatic N) is 3. The summed E-state index contributed by atoms with van der Waals surface area (Å²) in [7, 11) is 0. The molecule has 15 aromatic rings. The Kier molecular flexibility index (Phi) is 10.2. The van der Waals surface area contributed by atoms with Gasteiger partial charge >= 0.3 is 0 Å². The van der Waals surface area contributed by atoms with Crippen molar-refractivity contribution in [2.24, 2.45) is 0 Å². The number of hydrogen-bond donors (Lipinski definition) is 0. The molecule has 0 amide bonds. The van der Waals surface area contributed by atoms with E-state index >= 15 is 0 Å². The second kappa shape index (κ2) is 18.2. The van der Waals surface area contributed by atoms with Crippen molar-refractivity contribution >= 4 is 60.7 Å². The minimum Gasteiger partial charge on any atom is -0.310 e. The highest BCUT2D eigenvalue weighted by molar-refractivity contribution is 6.16. The molecule has 1 aliphatic heterocycles. The van der Waals surface area contributed by atoms with E-state index in [2.05, 4.69) is 323 Å². The summed E-state index contributed by atoms with van der Waals surface area (Å²) >= 11 is 0. The van der Waals surface area contributed by atoms with E-state index in [0.717, 1.165) is 17.1 Å². The van der Waals surface area contributed by atoms with Crippen LogP contribution in [0.4, 0.5) is 17.1 Å². The average molecular weight is 1040 g/mol. The molecule has 2 aliphatic rings. The molecule has 0 N–H and O–H groups in total. The molecule has 13 aromatic carbocycles. The minimum atomic E-state index is -0.726. The highest BCUT2D eigenvalue weighted by Gasteiger charge is 2.52. The van der Waals surface area contributed by atoms with Gasteiger partial charge in [-0.2, -0.15) is 0 Å². The predicted molar refractivity (Wildman–Crippen MR) is 342 cm³/mol. The first-order valence-electron chi connectivity index (χ1n) is 28.4. The highest BCUT2D eigenvalue weighted by atomic mass is 15.2. The molecule has 3 heteroatoms. The van der Waals surface area contributed by atoms with Crippen molar-refractivity contribution in [2.45, 2.75) is 5.41 Å². The average Bonchev–Trinajstić information content (AvgIpc) is 1.68. The van der Waals surface area contributed by atoms with Gasteiger partial charge in [-0.15, -0.1) is 0 Å². The Balaban J connectivity index is 0.931. The summed E-state index contributed by atoms with van der Waals surface area (Å²) < 4.78 is 5.03. The van der Waals surface area contributed by atoms with Gasteiger partial charge in [0.2, 0.25) is 0 Å². The molecule has 3 nitrogen and oxygen atoms in total. The number of para-hydroxylation sites is 5. The first-order chi connectivity index (χ1) is 40.7. The number of anilines is 3. The van der Waals surface area contributed by atoms with Gasteiger partial charge < -0.3 is 14.0 Å². The van der Waals surface area contributed by atoms with Gasteiger partial charge in [0, 0.05) is 38.6 Å². The first kappa shape index (κ1) is 46.2. The summed E-state index contributed by atoms with van der Waals surface area (Å²) in [6.07, 6.45) is 0. The van der Waals surface area contributed by atoms with Crippen LogP contribution in [0.25, 0.3) is 111 Å². The molecule has 1 aliphatic carbocycles. The minimum absolute atomic E-state index is 0.726. The van der Waals surface area contributed by atoms with Crippen LogP contribution in [0, 0.1) is 0 Å². The monoisotopic (exact) mass is 1040 g/mol. The van der Waals surface area contributed by atoms with Crippen LogP contribution in [0.2, 0.25) is 0 Å². The van der Waals surface area contributed by atoms with Gasteiger partial charge in [0.05, 0.1) is 38.9 Å². The lowest BCUT2D eigenvalue weighted by molar-refractivity contribution is 0.754. The van der Waals surface area contributed by atoms with Gasteiger partial charge in [0.1, 0.15) is 0 Å². The number of rotatable bonds is 7. The van der Waals surface area contributed by atoms with E-state index < -0.39 is 5.41 Å². The van der Waals surface area contributed by atoms with Crippen LogP contribution in [0.5, 0.6) is 0 Å². The van der Waals surface area contributed by atoms with E-state index in [1.807, 2.05) is 0 Å². The van der Waals surface area contributed by atoms with Crippen molar-refractivity contribution in [1.29, 1.82) is 0 Å². The lowest BCUT2D eigenvalue weighted by Crippen LogP contribution is -2.36. The maximum absolute atomic E-state index is 2.57. The van der Waals surface area contributed by atoms with Crippen molar-refractivity contribution in [1.82, 2.24) is 9.13 Å². The molecular formula is C79H51N3. The fourth-order valence-electron chi connectivity index (χ4n) is 14.1. The van der Waals surface area contributed by atoms with Gasteiger partial charge in [0.15, 0.2) is 0 Å². The van der Waals surface area contributed by atoms with E-state index in [1.54, 1.807) is 0 Å². The van der Waals surface area contributed by atoms with Crippen molar-refractivity contribution in [3.8, 4) is 67.0 Å². The van der Waals surface area contributed by atoms with Gasteiger partial charge in [-0.05, 0) is 169 Å². The number of aromatic nitrogens is 2. The second-order valence-corrected chi connectivity index (χ2v) is 22.0. The largest absolute Gasteiger partial charge is 0.310 e. The van der Waals surface area contributed by atoms with Gasteiger partial charge in [-0.1, -0.05) is 218 Å². The lowest BCUT2D eigenvalue weighted by Gasteiger charge is -2.45. The highest BCUT2D eigenvalue weighted by Crippen LogP contribution is 2.65. The Morgan fingerprint density at radius 3 is 1.09 bits per heavy atom. The normalized spacial score (nSPS) is 13.0. The number of benzene rings is 13. The van der Waals surface area contributed by atoms with E-state index in [4.69, 9.17) is 0 Å². The van der Waals surface area contributed by atoms with Crippen molar-refractivity contribution in [2.75, 3.05) is 4.90 Å². The molecule has 82 heavy (non-hydrogen) atoms. The van der Waals surface area contributed by atoms with Crippen LogP contribution in [0.15, 0.2) is 309 Å². The van der Waals surface area contributed by atoms with Crippen LogP contribution in [0.1, 0.15) is 22.3 Å². The van der Waals surface area contributed by atoms with E-state index in [0.29, 0.717) is 0 Å². The van der Waals surface area contributed by atoms with Gasteiger partial charge in [0.25, 0.3) is 0 Å². The van der Waals surface area contributed by atoms with Crippen LogP contribution >= 0.6 is 0 Å². The predicted octanol–water partition coefficient (Wildman–Crippen LogP) is 20.7. The first-order valence-corrected chi connectivity index (χ1v) is 28.4. The summed E-state index contributed by atoms with van der Waals surface area (Å²) in [6.45, 7) is 0. The molecule has 17 rings (SSSR count).